The number of aliphatic hydroxyl groups is 1. The first-order chi connectivity index (χ1) is 41.3. The monoisotopic (exact) mass is 1200 g/mol. The van der Waals surface area contributed by atoms with Crippen LogP contribution in [0.1, 0.15) is 165 Å². The van der Waals surface area contributed by atoms with E-state index in [9.17, 15) is 29.1 Å². The molecule has 0 bridgehead atoms. The molecular formula is C70H90O17. The van der Waals surface area contributed by atoms with Crippen molar-refractivity contribution in [2.45, 2.75) is 213 Å². The van der Waals surface area contributed by atoms with Crippen molar-refractivity contribution in [1.29, 1.82) is 0 Å². The summed E-state index contributed by atoms with van der Waals surface area (Å²) in [6.45, 7) is 21.7. The predicted molar refractivity (Wildman–Crippen MR) is 317 cm³/mol. The van der Waals surface area contributed by atoms with E-state index >= 15 is 0 Å². The van der Waals surface area contributed by atoms with E-state index in [1.165, 1.54) is 5.57 Å². The standard InChI is InChI=1S/C70H90O17/c1-39-29-34-70(78-37-39)40(2)52-50(87-70)36-49-47-28-27-45-35-46(30-32-68(45,10)48(47)31-33-69(49,52)11)80-63-57(55(86-65(76)67(7,8)9)53(71)51(81-63)38-77-64(75)66(4,5)6)85-62-58(84-61(74)44-25-19-14-20-26-44)56(83-60(73)43-23-17-13-18-24-43)54(41(3)79-62)82-59(72)42-21-15-12-16-22-42/h12-27,39-41,46-58,62-63,71H,28-38H2,1-11H3/t39-,40+,41+,46+,47-,48+,49+,50+,51-,52+,53-,54+,55+,56-,57-,58-,62+,63-,68+,69+,70-/m1/s1. The second-order valence-corrected chi connectivity index (χ2v) is 28.8. The summed E-state index contributed by atoms with van der Waals surface area (Å²) in [6.07, 6.45) is -4.79. The van der Waals surface area contributed by atoms with Crippen molar-refractivity contribution in [2.75, 3.05) is 13.2 Å². The molecule has 4 aliphatic heterocycles. The molecule has 4 heterocycles. The fourth-order valence-corrected chi connectivity index (χ4v) is 16.0. The molecule has 1 N–H and O–H groups in total. The van der Waals surface area contributed by atoms with E-state index in [0.29, 0.717) is 48.3 Å². The molecular weight excluding hydrogens is 1110 g/mol. The molecule has 0 unspecified atom stereocenters. The molecule has 0 amide bonds. The Labute approximate surface area is 512 Å². The molecule has 3 saturated carbocycles. The van der Waals surface area contributed by atoms with Crippen molar-refractivity contribution < 1.29 is 81.2 Å². The van der Waals surface area contributed by atoms with Crippen LogP contribution in [0.15, 0.2) is 103 Å². The number of fused-ring (bicyclic) bond motifs is 7. The average Bonchev–Trinajstić information content (AvgIpc) is 1.58. The Bertz CT molecular complexity index is 2980. The van der Waals surface area contributed by atoms with Gasteiger partial charge in [0.1, 0.15) is 18.8 Å². The molecule has 11 rings (SSSR count). The molecule has 8 aliphatic rings. The number of allylic oxidation sites excluding steroid dienone is 1. The second-order valence-electron chi connectivity index (χ2n) is 28.8. The Morgan fingerprint density at radius 3 is 1.77 bits per heavy atom. The van der Waals surface area contributed by atoms with Gasteiger partial charge in [0.05, 0.1) is 52.4 Å². The summed E-state index contributed by atoms with van der Waals surface area (Å²) in [4.78, 5) is 70.5. The number of carbonyl (C=O) groups excluding carboxylic acids is 5. The summed E-state index contributed by atoms with van der Waals surface area (Å²) < 4.78 is 72.4. The van der Waals surface area contributed by atoms with Crippen LogP contribution in [-0.2, 0) is 61.7 Å². The van der Waals surface area contributed by atoms with Crippen LogP contribution in [0.5, 0.6) is 0 Å². The van der Waals surface area contributed by atoms with Crippen LogP contribution < -0.4 is 0 Å². The Morgan fingerprint density at radius 1 is 0.621 bits per heavy atom. The van der Waals surface area contributed by atoms with E-state index in [4.69, 9.17) is 52.1 Å². The fraction of sp³-hybridized carbons (Fsp3) is 0.643. The van der Waals surface area contributed by atoms with E-state index in [2.05, 4.69) is 33.8 Å². The summed E-state index contributed by atoms with van der Waals surface area (Å²) in [7, 11) is 0. The minimum Gasteiger partial charge on any atom is -0.462 e. The van der Waals surface area contributed by atoms with Gasteiger partial charge in [-0.3, -0.25) is 9.59 Å². The van der Waals surface area contributed by atoms with Gasteiger partial charge in [-0.1, -0.05) is 93.9 Å². The maximum atomic E-state index is 14.5. The highest BCUT2D eigenvalue weighted by atomic mass is 16.8. The van der Waals surface area contributed by atoms with Crippen LogP contribution in [0.2, 0.25) is 0 Å². The highest BCUT2D eigenvalue weighted by Crippen LogP contribution is 2.71. The zero-order valence-electron chi connectivity index (χ0n) is 52.4. The average molecular weight is 1200 g/mol. The van der Waals surface area contributed by atoms with Crippen LogP contribution in [0, 0.1) is 57.2 Å². The number of ether oxygens (including phenoxy) is 11. The number of hydrogen-bond donors (Lipinski definition) is 1. The number of carbonyl (C=O) groups is 5. The van der Waals surface area contributed by atoms with E-state index in [-0.39, 0.29) is 33.6 Å². The summed E-state index contributed by atoms with van der Waals surface area (Å²) in [5, 5.41) is 12.6. The lowest BCUT2D eigenvalue weighted by atomic mass is 9.47. The van der Waals surface area contributed by atoms with Crippen LogP contribution in [-0.4, -0.2) is 128 Å². The van der Waals surface area contributed by atoms with E-state index in [1.54, 1.807) is 139 Å². The van der Waals surface area contributed by atoms with Gasteiger partial charge in [-0.05, 0) is 177 Å². The first-order valence-electron chi connectivity index (χ1n) is 31.8. The van der Waals surface area contributed by atoms with E-state index < -0.39 is 121 Å². The minimum absolute atomic E-state index is 0.110. The van der Waals surface area contributed by atoms with Gasteiger partial charge in [0.2, 0.25) is 0 Å². The highest BCUT2D eigenvalue weighted by molar-refractivity contribution is 5.91. The van der Waals surface area contributed by atoms with Crippen LogP contribution in [0.4, 0.5) is 0 Å². The molecule has 472 valence electrons. The van der Waals surface area contributed by atoms with Crippen molar-refractivity contribution in [1.82, 2.24) is 0 Å². The van der Waals surface area contributed by atoms with Gasteiger partial charge in [0.25, 0.3) is 0 Å². The SMILES string of the molecule is C[C@@H]1CC[C@@]2(OC1)O[C@H]1C[C@H]3[C@@H]4CC=C5C[C@@H](O[C@@H]6O[C@H](COC(=O)C(C)(C)C)[C@@H](O)[C@H](OC(=O)C(C)(C)C)[C@H]6O[C@@H]6O[C@@H](C)[C@H](OC(=O)c7ccccc7)[C@@H](OC(=O)c7ccccc7)[C@H]6OC(=O)c6ccccc6)CC[C@]5(C)[C@H]4CC[C@]3(C)[C@H]1[C@@H]2C. The molecule has 3 aromatic rings. The molecule has 0 aromatic heterocycles. The largest absolute Gasteiger partial charge is 0.462 e. The molecule has 17 nitrogen and oxygen atoms in total. The van der Waals surface area contributed by atoms with Gasteiger partial charge in [-0.25, -0.2) is 14.4 Å². The number of aliphatic hydroxyl groups excluding tert-OH is 1. The maximum absolute atomic E-state index is 14.5. The molecule has 3 aromatic carbocycles. The molecule has 7 fully saturated rings. The van der Waals surface area contributed by atoms with Gasteiger partial charge in [-0.15, -0.1) is 0 Å². The predicted octanol–water partition coefficient (Wildman–Crippen LogP) is 11.2. The highest BCUT2D eigenvalue weighted by Gasteiger charge is 2.69. The van der Waals surface area contributed by atoms with Gasteiger partial charge in [0.15, 0.2) is 48.9 Å². The maximum Gasteiger partial charge on any atom is 0.338 e. The van der Waals surface area contributed by atoms with Gasteiger partial charge in [0, 0.05) is 12.3 Å². The number of benzene rings is 3. The topological polar surface area (TPSA) is 207 Å². The van der Waals surface area contributed by atoms with Crippen LogP contribution in [0.3, 0.4) is 0 Å². The van der Waals surface area contributed by atoms with Crippen molar-refractivity contribution in [3.05, 3.63) is 119 Å². The van der Waals surface area contributed by atoms with Crippen molar-refractivity contribution in [3.8, 4) is 0 Å². The van der Waals surface area contributed by atoms with Crippen molar-refractivity contribution >= 4 is 29.8 Å². The lowest BCUT2D eigenvalue weighted by Crippen LogP contribution is -2.66. The Kier molecular flexibility index (Phi) is 17.9. The normalized spacial score (nSPS) is 39.0. The molecule has 21 atom stereocenters. The Morgan fingerprint density at radius 2 is 1.20 bits per heavy atom. The first kappa shape index (κ1) is 63.1. The molecule has 4 aliphatic carbocycles. The molecule has 1 spiro atoms. The molecule has 87 heavy (non-hydrogen) atoms. The molecule has 17 heteroatoms. The zero-order chi connectivity index (χ0) is 62.0. The quantitative estimate of drug-likeness (QED) is 0.0959. The third-order valence-corrected chi connectivity index (χ3v) is 20.9. The molecule has 0 radical (unpaired) electrons. The van der Waals surface area contributed by atoms with Gasteiger partial charge < -0.3 is 57.2 Å². The second kappa shape index (κ2) is 24.7. The number of hydrogen-bond acceptors (Lipinski definition) is 17. The lowest BCUT2D eigenvalue weighted by Gasteiger charge is -2.58. The Hall–Kier alpha value is -5.53. The number of rotatable bonds is 13. The van der Waals surface area contributed by atoms with Crippen LogP contribution >= 0.6 is 0 Å². The van der Waals surface area contributed by atoms with Crippen molar-refractivity contribution in [2.24, 2.45) is 57.2 Å². The fourth-order valence-electron chi connectivity index (χ4n) is 16.0. The third kappa shape index (κ3) is 12.5. The number of esters is 5. The zero-order valence-corrected chi connectivity index (χ0v) is 52.4. The summed E-state index contributed by atoms with van der Waals surface area (Å²) in [6, 6.07) is 24.6. The minimum atomic E-state index is -1.72. The van der Waals surface area contributed by atoms with Gasteiger partial charge in [-0.2, -0.15) is 0 Å². The summed E-state index contributed by atoms with van der Waals surface area (Å²) >= 11 is 0. The van der Waals surface area contributed by atoms with Crippen LogP contribution in [0.25, 0.3) is 0 Å². The van der Waals surface area contributed by atoms with Crippen molar-refractivity contribution in [3.63, 3.8) is 0 Å². The Balaban J connectivity index is 0.923. The van der Waals surface area contributed by atoms with E-state index in [1.807, 2.05) is 0 Å². The van der Waals surface area contributed by atoms with E-state index in [0.717, 1.165) is 51.6 Å². The van der Waals surface area contributed by atoms with Gasteiger partial charge >= 0.3 is 29.8 Å². The summed E-state index contributed by atoms with van der Waals surface area (Å²) in [5.74, 6) is -1.45. The summed E-state index contributed by atoms with van der Waals surface area (Å²) in [5.41, 5.74) is -0.204. The first-order valence-corrected chi connectivity index (χ1v) is 31.8. The molecule has 4 saturated heterocycles. The smallest absolute Gasteiger partial charge is 0.338 e. The third-order valence-electron chi connectivity index (χ3n) is 20.9. The lowest BCUT2D eigenvalue weighted by molar-refractivity contribution is -0.369.